The van der Waals surface area contributed by atoms with E-state index in [-0.39, 0.29) is 11.7 Å². The van der Waals surface area contributed by atoms with Crippen LogP contribution in [0.1, 0.15) is 17.0 Å². The van der Waals surface area contributed by atoms with Crippen molar-refractivity contribution >= 4 is 5.91 Å². The van der Waals surface area contributed by atoms with Crippen molar-refractivity contribution in [2.45, 2.75) is 19.9 Å². The van der Waals surface area contributed by atoms with Crippen LogP contribution in [0, 0.1) is 12.7 Å². The molecule has 1 aliphatic rings. The SMILES string of the molecule is Cc1cccc(CC(=O)N2CCN(Cc3nnnn3-c3cccc(F)c3)CC2)c1. The van der Waals surface area contributed by atoms with Gasteiger partial charge in [0.1, 0.15) is 5.82 Å². The zero-order valence-electron chi connectivity index (χ0n) is 16.3. The number of piperazine rings is 1. The van der Waals surface area contributed by atoms with Crippen LogP contribution in [-0.2, 0) is 17.8 Å². The summed E-state index contributed by atoms with van der Waals surface area (Å²) in [4.78, 5) is 16.7. The smallest absolute Gasteiger partial charge is 0.227 e. The first-order valence-electron chi connectivity index (χ1n) is 9.67. The van der Waals surface area contributed by atoms with Gasteiger partial charge in [0.05, 0.1) is 18.7 Å². The van der Waals surface area contributed by atoms with Gasteiger partial charge < -0.3 is 4.90 Å². The summed E-state index contributed by atoms with van der Waals surface area (Å²) in [6.45, 7) is 5.41. The van der Waals surface area contributed by atoms with Crippen molar-refractivity contribution in [1.29, 1.82) is 0 Å². The average Bonchev–Trinajstić information content (AvgIpc) is 3.17. The van der Waals surface area contributed by atoms with Crippen molar-refractivity contribution in [2.24, 2.45) is 0 Å². The van der Waals surface area contributed by atoms with Crippen LogP contribution in [0.25, 0.3) is 5.69 Å². The molecule has 0 aliphatic carbocycles. The highest BCUT2D eigenvalue weighted by Gasteiger charge is 2.23. The Hall–Kier alpha value is -3.13. The first-order valence-corrected chi connectivity index (χ1v) is 9.67. The minimum Gasteiger partial charge on any atom is -0.340 e. The molecule has 0 saturated carbocycles. The molecule has 29 heavy (non-hydrogen) atoms. The van der Waals surface area contributed by atoms with Crippen LogP contribution >= 0.6 is 0 Å². The highest BCUT2D eigenvalue weighted by Crippen LogP contribution is 2.13. The van der Waals surface area contributed by atoms with Crippen molar-refractivity contribution in [2.75, 3.05) is 26.2 Å². The van der Waals surface area contributed by atoms with E-state index in [1.54, 1.807) is 16.8 Å². The molecule has 0 atom stereocenters. The molecule has 0 unspecified atom stereocenters. The summed E-state index contributed by atoms with van der Waals surface area (Å²) in [5.41, 5.74) is 2.81. The van der Waals surface area contributed by atoms with E-state index in [0.29, 0.717) is 37.6 Å². The first kappa shape index (κ1) is 19.2. The lowest BCUT2D eigenvalue weighted by Gasteiger charge is -2.34. The number of carbonyl (C=O) groups excluding carboxylic acids is 1. The first-order chi connectivity index (χ1) is 14.1. The van der Waals surface area contributed by atoms with Crippen molar-refractivity contribution in [3.8, 4) is 5.69 Å². The second kappa shape index (κ2) is 8.48. The third-order valence-corrected chi connectivity index (χ3v) is 5.11. The molecule has 0 bridgehead atoms. The lowest BCUT2D eigenvalue weighted by molar-refractivity contribution is -0.132. The summed E-state index contributed by atoms with van der Waals surface area (Å²) in [6.07, 6.45) is 0.430. The van der Waals surface area contributed by atoms with Crippen LogP contribution in [0.4, 0.5) is 4.39 Å². The van der Waals surface area contributed by atoms with Crippen LogP contribution < -0.4 is 0 Å². The highest BCUT2D eigenvalue weighted by molar-refractivity contribution is 5.79. The summed E-state index contributed by atoms with van der Waals surface area (Å²) in [5.74, 6) is 0.472. The maximum absolute atomic E-state index is 13.5. The van der Waals surface area contributed by atoms with E-state index in [1.165, 1.54) is 12.1 Å². The molecular formula is C21H23FN6O. The topological polar surface area (TPSA) is 67.2 Å². The molecule has 0 spiro atoms. The van der Waals surface area contributed by atoms with Crippen molar-refractivity contribution < 1.29 is 9.18 Å². The Morgan fingerprint density at radius 2 is 1.86 bits per heavy atom. The molecule has 4 rings (SSSR count). The molecule has 0 N–H and O–H groups in total. The van der Waals surface area contributed by atoms with Gasteiger partial charge in [-0.1, -0.05) is 35.9 Å². The molecule has 1 fully saturated rings. The number of nitrogens with zero attached hydrogens (tertiary/aromatic N) is 6. The van der Waals surface area contributed by atoms with Gasteiger partial charge in [0, 0.05) is 26.2 Å². The third-order valence-electron chi connectivity index (χ3n) is 5.11. The molecule has 2 aromatic carbocycles. The van der Waals surface area contributed by atoms with E-state index in [4.69, 9.17) is 0 Å². The van der Waals surface area contributed by atoms with Crippen molar-refractivity contribution in [3.63, 3.8) is 0 Å². The summed E-state index contributed by atoms with van der Waals surface area (Å²) < 4.78 is 15.1. The summed E-state index contributed by atoms with van der Waals surface area (Å²) in [6, 6.07) is 14.3. The number of carbonyl (C=O) groups is 1. The minimum absolute atomic E-state index is 0.153. The number of halogens is 1. The fourth-order valence-corrected chi connectivity index (χ4v) is 3.58. The number of benzene rings is 2. The Kier molecular flexibility index (Phi) is 5.62. The van der Waals surface area contributed by atoms with Crippen LogP contribution in [-0.4, -0.2) is 62.1 Å². The third kappa shape index (κ3) is 4.65. The molecular weight excluding hydrogens is 371 g/mol. The Morgan fingerprint density at radius 3 is 2.62 bits per heavy atom. The second-order valence-electron chi connectivity index (χ2n) is 7.31. The van der Waals surface area contributed by atoms with E-state index in [0.717, 1.165) is 24.2 Å². The minimum atomic E-state index is -0.329. The van der Waals surface area contributed by atoms with Gasteiger partial charge in [-0.2, -0.15) is 4.68 Å². The zero-order valence-corrected chi connectivity index (χ0v) is 16.3. The quantitative estimate of drug-likeness (QED) is 0.662. The van der Waals surface area contributed by atoms with Crippen LogP contribution in [0.3, 0.4) is 0 Å². The molecule has 3 aromatic rings. The number of tetrazole rings is 1. The monoisotopic (exact) mass is 394 g/mol. The van der Waals surface area contributed by atoms with Crippen LogP contribution in [0.2, 0.25) is 0 Å². The van der Waals surface area contributed by atoms with Gasteiger partial charge in [-0.15, -0.1) is 5.10 Å². The standard InChI is InChI=1S/C21H23FN6O/c1-16-4-2-5-17(12-16)13-21(29)27-10-8-26(9-11-27)15-20-23-24-25-28(20)19-7-3-6-18(22)14-19/h2-7,12,14H,8-11,13,15H2,1H3. The predicted molar refractivity (Wildman–Crippen MR) is 106 cm³/mol. The molecule has 1 aromatic heterocycles. The summed E-state index contributed by atoms with van der Waals surface area (Å²) in [7, 11) is 0. The zero-order chi connectivity index (χ0) is 20.2. The molecule has 0 radical (unpaired) electrons. The van der Waals surface area contributed by atoms with Gasteiger partial charge in [-0.3, -0.25) is 9.69 Å². The summed E-state index contributed by atoms with van der Waals surface area (Å²) in [5, 5.41) is 11.8. The Morgan fingerprint density at radius 1 is 1.07 bits per heavy atom. The number of aromatic nitrogens is 4. The molecule has 150 valence electrons. The van der Waals surface area contributed by atoms with Crippen molar-refractivity contribution in [1.82, 2.24) is 30.0 Å². The number of hydrogen-bond donors (Lipinski definition) is 0. The second-order valence-corrected chi connectivity index (χ2v) is 7.31. The molecule has 1 saturated heterocycles. The maximum atomic E-state index is 13.5. The van der Waals surface area contributed by atoms with Gasteiger partial charge in [0.2, 0.25) is 5.91 Å². The Bertz CT molecular complexity index is 996. The highest BCUT2D eigenvalue weighted by atomic mass is 19.1. The van der Waals surface area contributed by atoms with Gasteiger partial charge in [0.15, 0.2) is 5.82 Å². The lowest BCUT2D eigenvalue weighted by Crippen LogP contribution is -2.49. The van der Waals surface area contributed by atoms with E-state index in [9.17, 15) is 9.18 Å². The van der Waals surface area contributed by atoms with E-state index < -0.39 is 0 Å². The lowest BCUT2D eigenvalue weighted by atomic mass is 10.1. The van der Waals surface area contributed by atoms with Gasteiger partial charge >= 0.3 is 0 Å². The molecule has 1 aliphatic heterocycles. The van der Waals surface area contributed by atoms with Gasteiger partial charge in [-0.05, 0) is 41.1 Å². The largest absolute Gasteiger partial charge is 0.340 e. The Balaban J connectivity index is 1.34. The van der Waals surface area contributed by atoms with Gasteiger partial charge in [0.25, 0.3) is 0 Å². The number of aryl methyl sites for hydroxylation is 1. The van der Waals surface area contributed by atoms with Crippen molar-refractivity contribution in [3.05, 3.63) is 71.3 Å². The van der Waals surface area contributed by atoms with Crippen LogP contribution in [0.15, 0.2) is 48.5 Å². The average molecular weight is 394 g/mol. The normalized spacial score (nSPS) is 14.9. The summed E-state index contributed by atoms with van der Waals surface area (Å²) >= 11 is 0. The van der Waals surface area contributed by atoms with Crippen LogP contribution in [0.5, 0.6) is 0 Å². The Labute approximate surface area is 168 Å². The van der Waals surface area contributed by atoms with Gasteiger partial charge in [-0.25, -0.2) is 4.39 Å². The molecule has 1 amide bonds. The van der Waals surface area contributed by atoms with E-state index in [2.05, 4.69) is 26.5 Å². The fraction of sp³-hybridized carbons (Fsp3) is 0.333. The number of rotatable bonds is 5. The fourth-order valence-electron chi connectivity index (χ4n) is 3.58. The van der Waals surface area contributed by atoms with E-state index in [1.807, 2.05) is 30.0 Å². The van der Waals surface area contributed by atoms with E-state index >= 15 is 0 Å². The molecule has 2 heterocycles. The number of hydrogen-bond acceptors (Lipinski definition) is 5. The maximum Gasteiger partial charge on any atom is 0.227 e. The predicted octanol–water partition coefficient (Wildman–Crippen LogP) is 2.00. The molecule has 7 nitrogen and oxygen atoms in total. The number of amides is 1. The molecule has 8 heteroatoms.